The molecule has 6 heteroatoms. The summed E-state index contributed by atoms with van der Waals surface area (Å²) in [7, 11) is 4.22. The molecule has 2 atom stereocenters. The molecule has 0 aliphatic heterocycles. The van der Waals surface area contributed by atoms with Crippen LogP contribution in [0, 0.1) is 5.92 Å². The van der Waals surface area contributed by atoms with Crippen LogP contribution in [0.2, 0.25) is 0 Å². The SMILES string of the molecule is CC[C@H](C)[C@H](NC(=O)OCc1ccccc1)C(=O)NCc1ccc(C[NH+](C)C)cc1. The van der Waals surface area contributed by atoms with Crippen LogP contribution in [0.3, 0.4) is 0 Å². The molecule has 30 heavy (non-hydrogen) atoms. The minimum atomic E-state index is -0.644. The van der Waals surface area contributed by atoms with E-state index < -0.39 is 12.1 Å². The smallest absolute Gasteiger partial charge is 0.408 e. The Morgan fingerprint density at radius 2 is 1.60 bits per heavy atom. The molecule has 162 valence electrons. The average molecular weight is 413 g/mol. The molecule has 0 fully saturated rings. The monoisotopic (exact) mass is 412 g/mol. The number of hydrogen-bond donors (Lipinski definition) is 3. The molecule has 0 saturated heterocycles. The van der Waals surface area contributed by atoms with Crippen LogP contribution < -0.4 is 15.5 Å². The number of carbonyl (C=O) groups is 2. The fourth-order valence-corrected chi connectivity index (χ4v) is 3.08. The first-order valence-corrected chi connectivity index (χ1v) is 10.5. The maximum atomic E-state index is 12.8. The molecular weight excluding hydrogens is 378 g/mol. The molecule has 0 aliphatic carbocycles. The number of amides is 2. The normalized spacial score (nSPS) is 12.8. The summed E-state index contributed by atoms with van der Waals surface area (Å²) in [5, 5.41) is 5.67. The first kappa shape index (κ1) is 23.4. The summed E-state index contributed by atoms with van der Waals surface area (Å²) in [6.45, 7) is 5.48. The standard InChI is InChI=1S/C24H33N3O3/c1-5-18(2)22(26-24(29)30-17-21-9-7-6-8-10-21)23(28)25-15-19-11-13-20(14-12-19)16-27(3)4/h6-14,18,22H,5,15-17H2,1-4H3,(H,25,28)(H,26,29)/p+1/t18-,22-/m0/s1. The van der Waals surface area contributed by atoms with Crippen LogP contribution >= 0.6 is 0 Å². The molecule has 2 aromatic rings. The van der Waals surface area contributed by atoms with Crippen molar-refractivity contribution in [3.63, 3.8) is 0 Å². The van der Waals surface area contributed by atoms with Crippen molar-refractivity contribution in [2.75, 3.05) is 14.1 Å². The number of ether oxygens (including phenoxy) is 1. The van der Waals surface area contributed by atoms with Crippen molar-refractivity contribution in [3.05, 3.63) is 71.3 Å². The predicted molar refractivity (Wildman–Crippen MR) is 118 cm³/mol. The van der Waals surface area contributed by atoms with Crippen molar-refractivity contribution in [1.29, 1.82) is 0 Å². The van der Waals surface area contributed by atoms with Gasteiger partial charge in [-0.15, -0.1) is 0 Å². The van der Waals surface area contributed by atoms with Crippen molar-refractivity contribution < 1.29 is 19.2 Å². The van der Waals surface area contributed by atoms with Crippen LogP contribution in [0.5, 0.6) is 0 Å². The number of hydrogen-bond acceptors (Lipinski definition) is 3. The fourth-order valence-electron chi connectivity index (χ4n) is 3.08. The fraction of sp³-hybridized carbons (Fsp3) is 0.417. The van der Waals surface area contributed by atoms with Gasteiger partial charge in [0.2, 0.25) is 5.91 Å². The van der Waals surface area contributed by atoms with Crippen LogP contribution in [0.15, 0.2) is 54.6 Å². The van der Waals surface area contributed by atoms with E-state index in [2.05, 4.69) is 36.9 Å². The second kappa shape index (κ2) is 12.0. The zero-order chi connectivity index (χ0) is 21.9. The number of alkyl carbamates (subject to hydrolysis) is 1. The Balaban J connectivity index is 1.88. The maximum absolute atomic E-state index is 12.8. The lowest BCUT2D eigenvalue weighted by Gasteiger charge is -2.23. The van der Waals surface area contributed by atoms with E-state index in [1.807, 2.05) is 56.3 Å². The largest absolute Gasteiger partial charge is 0.445 e. The highest BCUT2D eigenvalue weighted by molar-refractivity contribution is 5.85. The van der Waals surface area contributed by atoms with Gasteiger partial charge < -0.3 is 20.3 Å². The molecule has 6 nitrogen and oxygen atoms in total. The zero-order valence-electron chi connectivity index (χ0n) is 18.4. The van der Waals surface area contributed by atoms with E-state index >= 15 is 0 Å². The van der Waals surface area contributed by atoms with Gasteiger partial charge in [-0.1, -0.05) is 74.9 Å². The lowest BCUT2D eigenvalue weighted by molar-refractivity contribution is -0.872. The quantitative estimate of drug-likeness (QED) is 0.561. The summed E-state index contributed by atoms with van der Waals surface area (Å²) in [5.41, 5.74) is 3.18. The maximum Gasteiger partial charge on any atom is 0.408 e. The van der Waals surface area contributed by atoms with Gasteiger partial charge in [-0.05, 0) is 17.0 Å². The lowest BCUT2D eigenvalue weighted by atomic mass is 9.98. The Morgan fingerprint density at radius 3 is 2.20 bits per heavy atom. The predicted octanol–water partition coefficient (Wildman–Crippen LogP) is 2.29. The van der Waals surface area contributed by atoms with Gasteiger partial charge >= 0.3 is 6.09 Å². The topological polar surface area (TPSA) is 71.9 Å². The third-order valence-electron chi connectivity index (χ3n) is 5.03. The van der Waals surface area contributed by atoms with Crippen LogP contribution in [-0.2, 0) is 29.2 Å². The first-order chi connectivity index (χ1) is 14.4. The van der Waals surface area contributed by atoms with Crippen molar-refractivity contribution >= 4 is 12.0 Å². The number of nitrogens with one attached hydrogen (secondary N) is 3. The molecule has 2 aromatic carbocycles. The van der Waals surface area contributed by atoms with E-state index in [0.717, 1.165) is 24.1 Å². The molecule has 0 spiro atoms. The molecule has 3 N–H and O–H groups in total. The molecule has 2 amide bonds. The Labute approximate surface area is 179 Å². The van der Waals surface area contributed by atoms with Crippen molar-refractivity contribution in [3.8, 4) is 0 Å². The van der Waals surface area contributed by atoms with Crippen LogP contribution in [0.25, 0.3) is 0 Å². The number of rotatable bonds is 10. The van der Waals surface area contributed by atoms with Crippen molar-refractivity contribution in [1.82, 2.24) is 10.6 Å². The molecule has 0 aromatic heterocycles. The highest BCUT2D eigenvalue weighted by atomic mass is 16.5. The number of benzene rings is 2. The van der Waals surface area contributed by atoms with Crippen molar-refractivity contribution in [2.45, 2.75) is 46.0 Å². The number of quaternary nitrogens is 1. The van der Waals surface area contributed by atoms with Gasteiger partial charge in [0, 0.05) is 12.1 Å². The van der Waals surface area contributed by atoms with E-state index in [9.17, 15) is 9.59 Å². The van der Waals surface area contributed by atoms with Crippen molar-refractivity contribution in [2.24, 2.45) is 5.92 Å². The summed E-state index contributed by atoms with van der Waals surface area (Å²) in [6.07, 6.45) is 0.174. The summed E-state index contributed by atoms with van der Waals surface area (Å²) in [6, 6.07) is 17.0. The second-order valence-corrected chi connectivity index (χ2v) is 7.99. The van der Waals surface area contributed by atoms with Gasteiger partial charge in [-0.25, -0.2) is 4.79 Å². The first-order valence-electron chi connectivity index (χ1n) is 10.5. The Bertz CT molecular complexity index is 791. The van der Waals surface area contributed by atoms with Gasteiger partial charge in [0.1, 0.15) is 19.2 Å². The van der Waals surface area contributed by atoms with E-state index in [0.29, 0.717) is 6.54 Å². The molecule has 0 radical (unpaired) electrons. The van der Waals surface area contributed by atoms with E-state index in [1.54, 1.807) is 0 Å². The highest BCUT2D eigenvalue weighted by Gasteiger charge is 2.26. The molecule has 0 heterocycles. The third-order valence-corrected chi connectivity index (χ3v) is 5.03. The lowest BCUT2D eigenvalue weighted by Crippen LogP contribution is -3.04. The van der Waals surface area contributed by atoms with E-state index in [1.165, 1.54) is 10.5 Å². The van der Waals surface area contributed by atoms with Gasteiger partial charge in [0.25, 0.3) is 0 Å². The minimum absolute atomic E-state index is 0.0142. The molecule has 0 aliphatic rings. The molecule has 0 unspecified atom stereocenters. The summed E-state index contributed by atoms with van der Waals surface area (Å²) in [4.78, 5) is 26.3. The Kier molecular flexibility index (Phi) is 9.35. The van der Waals surface area contributed by atoms with Crippen LogP contribution in [-0.4, -0.2) is 32.1 Å². The minimum Gasteiger partial charge on any atom is -0.445 e. The highest BCUT2D eigenvalue weighted by Crippen LogP contribution is 2.10. The van der Waals surface area contributed by atoms with Crippen LogP contribution in [0.1, 0.15) is 37.0 Å². The average Bonchev–Trinajstić information content (AvgIpc) is 2.75. The molecule has 0 saturated carbocycles. The zero-order valence-corrected chi connectivity index (χ0v) is 18.4. The van der Waals surface area contributed by atoms with Gasteiger partial charge in [0.05, 0.1) is 14.1 Å². The summed E-state index contributed by atoms with van der Waals surface area (Å²) in [5.74, 6) is -0.220. The van der Waals surface area contributed by atoms with Gasteiger partial charge in [-0.3, -0.25) is 4.79 Å². The molecule has 2 rings (SSSR count). The number of carbonyl (C=O) groups excluding carboxylic acids is 2. The van der Waals surface area contributed by atoms with Gasteiger partial charge in [-0.2, -0.15) is 0 Å². The Morgan fingerprint density at radius 1 is 0.967 bits per heavy atom. The van der Waals surface area contributed by atoms with Crippen LogP contribution in [0.4, 0.5) is 4.79 Å². The van der Waals surface area contributed by atoms with Gasteiger partial charge in [0.15, 0.2) is 0 Å². The summed E-state index contributed by atoms with van der Waals surface area (Å²) >= 11 is 0. The molecular formula is C24H34N3O3+. The molecule has 0 bridgehead atoms. The third kappa shape index (κ3) is 7.87. The summed E-state index contributed by atoms with van der Waals surface area (Å²) < 4.78 is 5.28. The van der Waals surface area contributed by atoms with E-state index in [-0.39, 0.29) is 18.4 Å². The Hall–Kier alpha value is -2.86. The van der Waals surface area contributed by atoms with E-state index in [4.69, 9.17) is 4.74 Å². The second-order valence-electron chi connectivity index (χ2n) is 7.99.